The molecule has 1 rings (SSSR count). The Kier molecular flexibility index (Phi) is 1.44. The van der Waals surface area contributed by atoms with Crippen molar-refractivity contribution in [3.8, 4) is 0 Å². The molecule has 0 aromatic carbocycles. The van der Waals surface area contributed by atoms with Crippen molar-refractivity contribution < 1.29 is 5.21 Å². The zero-order valence-corrected chi connectivity index (χ0v) is 4.70. The van der Waals surface area contributed by atoms with E-state index in [-0.39, 0.29) is 5.71 Å². The Morgan fingerprint density at radius 2 is 2.00 bits per heavy atom. The average molecular weight is 122 g/mol. The molecule has 0 saturated carbocycles. The summed E-state index contributed by atoms with van der Waals surface area (Å²) in [6.07, 6.45) is 6.57. The first-order valence-electron chi connectivity index (χ1n) is 2.50. The van der Waals surface area contributed by atoms with E-state index in [1.807, 2.05) is 0 Å². The summed E-state index contributed by atoms with van der Waals surface area (Å²) in [4.78, 5) is 0. The summed E-state index contributed by atoms with van der Waals surface area (Å²) in [6.45, 7) is 0. The molecule has 0 fully saturated rings. The molecule has 3 nitrogen and oxygen atoms in total. The predicted molar refractivity (Wildman–Crippen MR) is 35.2 cm³/mol. The van der Waals surface area contributed by atoms with E-state index in [1.54, 1.807) is 24.3 Å². The van der Waals surface area contributed by atoms with Crippen molar-refractivity contribution >= 4 is 11.4 Å². The fourth-order valence-electron chi connectivity index (χ4n) is 0.561. The van der Waals surface area contributed by atoms with Gasteiger partial charge in [0.25, 0.3) is 0 Å². The zero-order chi connectivity index (χ0) is 6.69. The van der Waals surface area contributed by atoms with Crippen molar-refractivity contribution in [3.63, 3.8) is 0 Å². The van der Waals surface area contributed by atoms with Gasteiger partial charge in [0.1, 0.15) is 5.71 Å². The summed E-state index contributed by atoms with van der Waals surface area (Å²) in [5, 5.41) is 18.2. The maximum absolute atomic E-state index is 8.22. The van der Waals surface area contributed by atoms with Crippen molar-refractivity contribution in [2.75, 3.05) is 0 Å². The average Bonchev–Trinajstić information content (AvgIpc) is 1.89. The Hall–Kier alpha value is -1.38. The smallest absolute Gasteiger partial charge is 0.127 e. The minimum atomic E-state index is 0.236. The molecule has 0 aliphatic heterocycles. The van der Waals surface area contributed by atoms with Crippen LogP contribution in [-0.4, -0.2) is 16.6 Å². The van der Waals surface area contributed by atoms with E-state index in [4.69, 9.17) is 10.6 Å². The molecule has 46 valence electrons. The van der Waals surface area contributed by atoms with Crippen LogP contribution in [0, 0.1) is 5.41 Å². The van der Waals surface area contributed by atoms with Gasteiger partial charge in [0, 0.05) is 0 Å². The molecular formula is C6H6N2O. The van der Waals surface area contributed by atoms with Gasteiger partial charge < -0.3 is 5.21 Å². The second-order valence-electron chi connectivity index (χ2n) is 1.62. The highest BCUT2D eigenvalue weighted by Gasteiger charge is 2.01. The van der Waals surface area contributed by atoms with E-state index >= 15 is 0 Å². The van der Waals surface area contributed by atoms with Gasteiger partial charge >= 0.3 is 0 Å². The molecule has 0 radical (unpaired) electrons. The van der Waals surface area contributed by atoms with Crippen LogP contribution in [0.1, 0.15) is 0 Å². The van der Waals surface area contributed by atoms with Crippen LogP contribution in [0.4, 0.5) is 0 Å². The van der Waals surface area contributed by atoms with Gasteiger partial charge in [-0.25, -0.2) is 0 Å². The molecule has 0 aromatic heterocycles. The minimum absolute atomic E-state index is 0.236. The standard InChI is InChI=1S/C6H6N2O/c7-5-3-1-2-4-6(5)8-9/h1-4,7,9H/b7-5?,8-6-. The highest BCUT2D eigenvalue weighted by molar-refractivity contribution is 6.49. The molecule has 0 saturated heterocycles. The van der Waals surface area contributed by atoms with Gasteiger partial charge in [0.2, 0.25) is 0 Å². The van der Waals surface area contributed by atoms with Gasteiger partial charge in [-0.15, -0.1) is 0 Å². The number of hydrogen-bond acceptors (Lipinski definition) is 3. The van der Waals surface area contributed by atoms with E-state index in [2.05, 4.69) is 5.16 Å². The molecule has 0 heterocycles. The summed E-state index contributed by atoms with van der Waals surface area (Å²) >= 11 is 0. The maximum atomic E-state index is 8.22. The quantitative estimate of drug-likeness (QED) is 0.280. The molecule has 0 atom stereocenters. The fraction of sp³-hybridized carbons (Fsp3) is 0. The minimum Gasteiger partial charge on any atom is -0.410 e. The van der Waals surface area contributed by atoms with Crippen LogP contribution in [0.2, 0.25) is 0 Å². The monoisotopic (exact) mass is 122 g/mol. The van der Waals surface area contributed by atoms with E-state index in [9.17, 15) is 0 Å². The third-order valence-electron chi connectivity index (χ3n) is 1.01. The third kappa shape index (κ3) is 1.05. The number of hydrogen-bond donors (Lipinski definition) is 2. The molecule has 0 spiro atoms. The van der Waals surface area contributed by atoms with E-state index in [1.165, 1.54) is 0 Å². The molecule has 0 aromatic rings. The normalized spacial score (nSPS) is 21.3. The Labute approximate surface area is 52.5 Å². The second-order valence-corrected chi connectivity index (χ2v) is 1.62. The first kappa shape index (κ1) is 5.75. The molecule has 0 unspecified atom stereocenters. The largest absolute Gasteiger partial charge is 0.410 e. The summed E-state index contributed by atoms with van der Waals surface area (Å²) in [5.41, 5.74) is 0.539. The lowest BCUT2D eigenvalue weighted by molar-refractivity contribution is 0.320. The van der Waals surface area contributed by atoms with Gasteiger partial charge in [-0.3, -0.25) is 5.41 Å². The highest BCUT2D eigenvalue weighted by Crippen LogP contribution is 1.94. The molecule has 1 aliphatic carbocycles. The van der Waals surface area contributed by atoms with Crippen LogP contribution in [0.5, 0.6) is 0 Å². The molecule has 0 bridgehead atoms. The Morgan fingerprint density at radius 3 is 2.44 bits per heavy atom. The molecule has 3 heteroatoms. The van der Waals surface area contributed by atoms with Crippen LogP contribution in [0.3, 0.4) is 0 Å². The molecule has 1 aliphatic rings. The van der Waals surface area contributed by atoms with E-state index in [0.29, 0.717) is 5.71 Å². The fourth-order valence-corrected chi connectivity index (χ4v) is 0.561. The molecular weight excluding hydrogens is 116 g/mol. The van der Waals surface area contributed by atoms with E-state index < -0.39 is 0 Å². The third-order valence-corrected chi connectivity index (χ3v) is 1.01. The van der Waals surface area contributed by atoms with Crippen molar-refractivity contribution in [2.24, 2.45) is 5.16 Å². The van der Waals surface area contributed by atoms with Crippen LogP contribution in [0.25, 0.3) is 0 Å². The SMILES string of the molecule is N=C1C=CC=C/C1=N/O. The first-order chi connectivity index (χ1) is 4.34. The molecule has 9 heavy (non-hydrogen) atoms. The van der Waals surface area contributed by atoms with Crippen molar-refractivity contribution in [1.82, 2.24) is 0 Å². The molecule has 2 N–H and O–H groups in total. The van der Waals surface area contributed by atoms with Crippen LogP contribution in [-0.2, 0) is 0 Å². The number of allylic oxidation sites excluding steroid dienone is 4. The van der Waals surface area contributed by atoms with Crippen LogP contribution in [0.15, 0.2) is 29.5 Å². The second kappa shape index (κ2) is 2.26. The number of oxime groups is 1. The van der Waals surface area contributed by atoms with Crippen LogP contribution < -0.4 is 0 Å². The van der Waals surface area contributed by atoms with Crippen molar-refractivity contribution in [3.05, 3.63) is 24.3 Å². The summed E-state index contributed by atoms with van der Waals surface area (Å²) in [5.74, 6) is 0. The summed E-state index contributed by atoms with van der Waals surface area (Å²) in [6, 6.07) is 0. The Morgan fingerprint density at radius 1 is 1.33 bits per heavy atom. The topological polar surface area (TPSA) is 56.4 Å². The summed E-state index contributed by atoms with van der Waals surface area (Å²) < 4.78 is 0. The van der Waals surface area contributed by atoms with Gasteiger partial charge in [-0.05, 0) is 12.2 Å². The Balaban J connectivity index is 2.91. The predicted octanol–water partition coefficient (Wildman–Crippen LogP) is 0.962. The highest BCUT2D eigenvalue weighted by atomic mass is 16.4. The Bertz CT molecular complexity index is 213. The number of rotatable bonds is 0. The van der Waals surface area contributed by atoms with Crippen LogP contribution >= 0.6 is 0 Å². The van der Waals surface area contributed by atoms with Gasteiger partial charge in [-0.1, -0.05) is 17.3 Å². The lowest BCUT2D eigenvalue weighted by atomic mass is 10.1. The van der Waals surface area contributed by atoms with Gasteiger partial charge in [0.15, 0.2) is 0 Å². The van der Waals surface area contributed by atoms with Gasteiger partial charge in [0.05, 0.1) is 5.71 Å². The number of nitrogens with one attached hydrogen (secondary N) is 1. The van der Waals surface area contributed by atoms with Gasteiger partial charge in [-0.2, -0.15) is 0 Å². The van der Waals surface area contributed by atoms with E-state index in [0.717, 1.165) is 0 Å². The zero-order valence-electron chi connectivity index (χ0n) is 4.70. The lowest BCUT2D eigenvalue weighted by Crippen LogP contribution is -2.08. The van der Waals surface area contributed by atoms with Crippen molar-refractivity contribution in [1.29, 1.82) is 5.41 Å². The summed E-state index contributed by atoms with van der Waals surface area (Å²) in [7, 11) is 0. The molecule has 0 amide bonds. The maximum Gasteiger partial charge on any atom is 0.127 e. The number of nitrogens with zero attached hydrogens (tertiary/aromatic N) is 1. The first-order valence-corrected chi connectivity index (χ1v) is 2.50. The van der Waals surface area contributed by atoms with Crippen molar-refractivity contribution in [2.45, 2.75) is 0 Å². The lowest BCUT2D eigenvalue weighted by Gasteiger charge is -1.97.